The first-order valence-electron chi connectivity index (χ1n) is 5.50. The van der Waals surface area contributed by atoms with Gasteiger partial charge in [-0.15, -0.1) is 0 Å². The van der Waals surface area contributed by atoms with E-state index in [0.717, 1.165) is 5.56 Å². The Labute approximate surface area is 115 Å². The normalized spacial score (nSPS) is 10.5. The Morgan fingerprint density at radius 3 is 2.32 bits per heavy atom. The number of aromatic hydroxyl groups is 2. The summed E-state index contributed by atoms with van der Waals surface area (Å²) in [7, 11) is 0. The van der Waals surface area contributed by atoms with Crippen molar-refractivity contribution in [2.24, 2.45) is 0 Å². The van der Waals surface area contributed by atoms with Gasteiger partial charge in [0, 0.05) is 0 Å². The van der Waals surface area contributed by atoms with E-state index in [1.54, 1.807) is 42.5 Å². The molecule has 0 saturated carbocycles. The molecule has 0 spiro atoms. The molecule has 3 nitrogen and oxygen atoms in total. The third-order valence-corrected chi connectivity index (χ3v) is 2.93. The summed E-state index contributed by atoms with van der Waals surface area (Å²) >= 11 is 5.75. The van der Waals surface area contributed by atoms with E-state index in [0.29, 0.717) is 5.56 Å². The fourth-order valence-corrected chi connectivity index (χ4v) is 1.77. The third-order valence-electron chi connectivity index (χ3n) is 2.62. The van der Waals surface area contributed by atoms with Gasteiger partial charge in [-0.2, -0.15) is 5.26 Å². The van der Waals surface area contributed by atoms with Gasteiger partial charge in [-0.1, -0.05) is 42.0 Å². The molecule has 0 radical (unpaired) electrons. The van der Waals surface area contributed by atoms with E-state index in [1.165, 1.54) is 6.07 Å². The number of phenols is 2. The highest BCUT2D eigenvalue weighted by atomic mass is 35.5. The molecule has 0 heterocycles. The molecular formula is C15H10ClNO2. The lowest BCUT2D eigenvalue weighted by atomic mass is 10.1. The molecule has 2 N–H and O–H groups in total. The maximum absolute atomic E-state index is 9.69. The van der Waals surface area contributed by atoms with Gasteiger partial charge in [0.15, 0.2) is 5.75 Å². The van der Waals surface area contributed by atoms with Gasteiger partial charge in [-0.3, -0.25) is 0 Å². The van der Waals surface area contributed by atoms with E-state index >= 15 is 0 Å². The summed E-state index contributed by atoms with van der Waals surface area (Å²) in [6, 6.07) is 11.8. The molecule has 0 amide bonds. The van der Waals surface area contributed by atoms with E-state index in [4.69, 9.17) is 16.9 Å². The molecule has 0 saturated heterocycles. The summed E-state index contributed by atoms with van der Waals surface area (Å²) in [6.07, 6.45) is 3.49. The van der Waals surface area contributed by atoms with Gasteiger partial charge in [0.25, 0.3) is 0 Å². The highest BCUT2D eigenvalue weighted by molar-refractivity contribution is 6.32. The van der Waals surface area contributed by atoms with Crippen LogP contribution in [0.15, 0.2) is 36.4 Å². The van der Waals surface area contributed by atoms with Crippen LogP contribution in [0.2, 0.25) is 5.02 Å². The Morgan fingerprint density at radius 2 is 1.68 bits per heavy atom. The average Bonchev–Trinajstić information content (AvgIpc) is 2.42. The second kappa shape index (κ2) is 5.47. The molecule has 2 aromatic rings. The van der Waals surface area contributed by atoms with Gasteiger partial charge in [0.05, 0.1) is 5.02 Å². The van der Waals surface area contributed by atoms with Crippen LogP contribution in [0.1, 0.15) is 16.7 Å². The molecule has 2 rings (SSSR count). The van der Waals surface area contributed by atoms with Crippen LogP contribution in [0, 0.1) is 11.3 Å². The number of phenolic OH excluding ortho intramolecular Hbond substituents is 2. The molecule has 94 valence electrons. The Kier molecular flexibility index (Phi) is 3.74. The molecule has 2 aromatic carbocycles. The van der Waals surface area contributed by atoms with Gasteiger partial charge in [-0.25, -0.2) is 0 Å². The fourth-order valence-electron chi connectivity index (χ4n) is 1.61. The summed E-state index contributed by atoms with van der Waals surface area (Å²) in [5.74, 6) is -0.0176. The number of nitrogens with zero attached hydrogens (tertiary/aromatic N) is 1. The standard InChI is InChI=1S/C15H10ClNO2/c16-14-8-5-11(13(9-17)15(14)19)4-1-10-2-6-12(18)7-3-10/h1-8,18-19H. The lowest BCUT2D eigenvalue weighted by Crippen LogP contribution is -1.84. The Morgan fingerprint density at radius 1 is 1.00 bits per heavy atom. The van der Waals surface area contributed by atoms with Crippen molar-refractivity contribution >= 4 is 23.8 Å². The first-order valence-corrected chi connectivity index (χ1v) is 5.88. The second-order valence-electron chi connectivity index (χ2n) is 3.90. The van der Waals surface area contributed by atoms with Crippen molar-refractivity contribution < 1.29 is 10.2 Å². The van der Waals surface area contributed by atoms with Gasteiger partial charge in [0.2, 0.25) is 0 Å². The topological polar surface area (TPSA) is 64.2 Å². The largest absolute Gasteiger partial charge is 0.508 e. The van der Waals surface area contributed by atoms with E-state index in [-0.39, 0.29) is 22.1 Å². The van der Waals surface area contributed by atoms with Crippen LogP contribution in [0.3, 0.4) is 0 Å². The predicted molar refractivity (Wildman–Crippen MR) is 74.9 cm³/mol. The minimum atomic E-state index is -0.211. The monoisotopic (exact) mass is 271 g/mol. The van der Waals surface area contributed by atoms with Crippen LogP contribution in [0.4, 0.5) is 0 Å². The number of hydrogen-bond donors (Lipinski definition) is 2. The van der Waals surface area contributed by atoms with E-state index < -0.39 is 0 Å². The fraction of sp³-hybridized carbons (Fsp3) is 0. The molecule has 4 heteroatoms. The second-order valence-corrected chi connectivity index (χ2v) is 4.30. The van der Waals surface area contributed by atoms with Crippen molar-refractivity contribution in [1.29, 1.82) is 5.26 Å². The number of hydrogen-bond acceptors (Lipinski definition) is 3. The molecule has 0 unspecified atom stereocenters. The smallest absolute Gasteiger partial charge is 0.152 e. The molecule has 0 fully saturated rings. The molecule has 0 aromatic heterocycles. The molecule has 0 atom stereocenters. The van der Waals surface area contributed by atoms with Gasteiger partial charge in [0.1, 0.15) is 17.4 Å². The first-order chi connectivity index (χ1) is 9.11. The predicted octanol–water partition coefficient (Wildman–Crippen LogP) is 3.79. The van der Waals surface area contributed by atoms with Crippen LogP contribution in [0.5, 0.6) is 11.5 Å². The Bertz CT molecular complexity index is 670. The minimum Gasteiger partial charge on any atom is -0.508 e. The van der Waals surface area contributed by atoms with Gasteiger partial charge < -0.3 is 10.2 Å². The highest BCUT2D eigenvalue weighted by Crippen LogP contribution is 2.30. The number of halogens is 1. The van der Waals surface area contributed by atoms with Crippen LogP contribution in [-0.4, -0.2) is 10.2 Å². The lowest BCUT2D eigenvalue weighted by Gasteiger charge is -2.03. The van der Waals surface area contributed by atoms with Crippen molar-refractivity contribution in [1.82, 2.24) is 0 Å². The van der Waals surface area contributed by atoms with E-state index in [1.807, 2.05) is 6.07 Å². The third kappa shape index (κ3) is 2.87. The number of rotatable bonds is 2. The van der Waals surface area contributed by atoms with Gasteiger partial charge in [-0.05, 0) is 29.3 Å². The first kappa shape index (κ1) is 13.0. The van der Waals surface area contributed by atoms with Crippen molar-refractivity contribution in [3.63, 3.8) is 0 Å². The molecule has 0 aliphatic carbocycles. The zero-order chi connectivity index (χ0) is 13.8. The minimum absolute atomic E-state index is 0.141. The zero-order valence-electron chi connectivity index (χ0n) is 9.84. The van der Waals surface area contributed by atoms with Crippen molar-refractivity contribution in [2.45, 2.75) is 0 Å². The van der Waals surface area contributed by atoms with Crippen molar-refractivity contribution in [3.05, 3.63) is 58.1 Å². The quantitative estimate of drug-likeness (QED) is 0.817. The van der Waals surface area contributed by atoms with Gasteiger partial charge >= 0.3 is 0 Å². The molecule has 0 aliphatic heterocycles. The van der Waals surface area contributed by atoms with Crippen molar-refractivity contribution in [3.8, 4) is 17.6 Å². The summed E-state index contributed by atoms with van der Waals surface area (Å²) in [4.78, 5) is 0. The van der Waals surface area contributed by atoms with Crippen LogP contribution in [0.25, 0.3) is 12.2 Å². The Hall–Kier alpha value is -2.44. The SMILES string of the molecule is N#Cc1c(C=Cc2ccc(O)cc2)ccc(Cl)c1O. The zero-order valence-corrected chi connectivity index (χ0v) is 10.6. The number of nitriles is 1. The van der Waals surface area contributed by atoms with Crippen LogP contribution in [-0.2, 0) is 0 Å². The molecular weight excluding hydrogens is 262 g/mol. The molecule has 0 aliphatic rings. The maximum Gasteiger partial charge on any atom is 0.152 e. The Balaban J connectivity index is 2.36. The summed E-state index contributed by atoms with van der Waals surface area (Å²) in [5.41, 5.74) is 1.59. The molecule has 0 bridgehead atoms. The summed E-state index contributed by atoms with van der Waals surface area (Å²) in [6.45, 7) is 0. The molecule has 19 heavy (non-hydrogen) atoms. The van der Waals surface area contributed by atoms with Crippen molar-refractivity contribution in [2.75, 3.05) is 0 Å². The van der Waals surface area contributed by atoms with Crippen LogP contribution >= 0.6 is 11.6 Å². The summed E-state index contributed by atoms with van der Waals surface area (Å²) in [5, 5.41) is 28.0. The highest BCUT2D eigenvalue weighted by Gasteiger charge is 2.08. The van der Waals surface area contributed by atoms with Crippen LogP contribution < -0.4 is 0 Å². The van der Waals surface area contributed by atoms with E-state index in [9.17, 15) is 10.2 Å². The number of benzene rings is 2. The summed E-state index contributed by atoms with van der Waals surface area (Å²) < 4.78 is 0. The maximum atomic E-state index is 9.69. The van der Waals surface area contributed by atoms with E-state index in [2.05, 4.69) is 0 Å². The lowest BCUT2D eigenvalue weighted by molar-refractivity contribution is 0.473. The average molecular weight is 272 g/mol.